The van der Waals surface area contributed by atoms with Gasteiger partial charge in [0.15, 0.2) is 13.1 Å². The monoisotopic (exact) mass is 372 g/mol. The van der Waals surface area contributed by atoms with Crippen LogP contribution in [-0.2, 0) is 9.59 Å². The number of rotatable bonds is 9. The van der Waals surface area contributed by atoms with Crippen molar-refractivity contribution in [3.63, 3.8) is 0 Å². The van der Waals surface area contributed by atoms with Crippen LogP contribution in [0, 0.1) is 0 Å². The molecule has 0 fully saturated rings. The standard InChI is InChI=1S/C20H25N3O4/c1-4-27-18-11-7-16(8-12-18)22-20(25)14-23(2)13-19(24)21-15-5-9-17(26-3)10-6-15/h5-12H,4,13-14H2,1-3H3,(H,21,24)(H,22,25)/p+1. The predicted molar refractivity (Wildman–Crippen MR) is 104 cm³/mol. The van der Waals surface area contributed by atoms with E-state index in [1.807, 2.05) is 6.92 Å². The van der Waals surface area contributed by atoms with E-state index in [4.69, 9.17) is 9.47 Å². The van der Waals surface area contributed by atoms with Gasteiger partial charge in [0, 0.05) is 11.4 Å². The number of hydrogen-bond donors (Lipinski definition) is 3. The van der Waals surface area contributed by atoms with Crippen molar-refractivity contribution in [2.45, 2.75) is 6.92 Å². The quantitative estimate of drug-likeness (QED) is 0.618. The van der Waals surface area contributed by atoms with Crippen molar-refractivity contribution in [3.05, 3.63) is 48.5 Å². The van der Waals surface area contributed by atoms with Crippen LogP contribution in [0.3, 0.4) is 0 Å². The molecule has 0 heterocycles. The first-order valence-electron chi connectivity index (χ1n) is 8.78. The second-order valence-electron chi connectivity index (χ2n) is 6.09. The van der Waals surface area contributed by atoms with E-state index in [0.717, 1.165) is 16.4 Å². The fraction of sp³-hybridized carbons (Fsp3) is 0.300. The normalized spacial score (nSPS) is 11.4. The summed E-state index contributed by atoms with van der Waals surface area (Å²) in [5.41, 5.74) is 1.38. The molecule has 0 aliphatic rings. The molecule has 1 unspecified atom stereocenters. The number of nitrogens with one attached hydrogen (secondary N) is 3. The molecule has 0 aliphatic carbocycles. The van der Waals surface area contributed by atoms with Crippen LogP contribution in [0.1, 0.15) is 6.92 Å². The molecule has 3 N–H and O–H groups in total. The van der Waals surface area contributed by atoms with Crippen LogP contribution in [-0.4, -0.2) is 45.7 Å². The number of hydrogen-bond acceptors (Lipinski definition) is 4. The summed E-state index contributed by atoms with van der Waals surface area (Å²) in [6.07, 6.45) is 0. The van der Waals surface area contributed by atoms with Gasteiger partial charge in [0.05, 0.1) is 20.8 Å². The Morgan fingerprint density at radius 3 is 1.70 bits per heavy atom. The number of carbonyl (C=O) groups excluding carboxylic acids is 2. The first-order valence-corrected chi connectivity index (χ1v) is 8.78. The maximum absolute atomic E-state index is 12.1. The zero-order valence-corrected chi connectivity index (χ0v) is 15.9. The number of quaternary nitrogens is 1. The van der Waals surface area contributed by atoms with Crippen LogP contribution >= 0.6 is 0 Å². The molecule has 1 atom stereocenters. The fourth-order valence-electron chi connectivity index (χ4n) is 2.50. The van der Waals surface area contributed by atoms with Gasteiger partial charge >= 0.3 is 0 Å². The molecule has 0 bridgehead atoms. The third-order valence-electron chi connectivity index (χ3n) is 3.75. The SMILES string of the molecule is CCOc1ccc(NC(=O)C[NH+](C)CC(=O)Nc2ccc(OC)cc2)cc1. The highest BCUT2D eigenvalue weighted by Gasteiger charge is 2.14. The molecule has 27 heavy (non-hydrogen) atoms. The first-order chi connectivity index (χ1) is 13.0. The minimum Gasteiger partial charge on any atom is -0.497 e. The molecule has 0 spiro atoms. The van der Waals surface area contributed by atoms with Crippen molar-refractivity contribution >= 4 is 23.2 Å². The van der Waals surface area contributed by atoms with Gasteiger partial charge in [0.2, 0.25) is 0 Å². The van der Waals surface area contributed by atoms with Gasteiger partial charge in [0.25, 0.3) is 11.8 Å². The lowest BCUT2D eigenvalue weighted by atomic mass is 10.3. The molecule has 0 radical (unpaired) electrons. The smallest absolute Gasteiger partial charge is 0.279 e. The summed E-state index contributed by atoms with van der Waals surface area (Å²) in [4.78, 5) is 25.0. The highest BCUT2D eigenvalue weighted by Crippen LogP contribution is 2.15. The predicted octanol–water partition coefficient (Wildman–Crippen LogP) is 1.19. The van der Waals surface area contributed by atoms with E-state index < -0.39 is 0 Å². The van der Waals surface area contributed by atoms with Crippen LogP contribution in [0.15, 0.2) is 48.5 Å². The van der Waals surface area contributed by atoms with Gasteiger partial charge in [0.1, 0.15) is 11.5 Å². The van der Waals surface area contributed by atoms with E-state index in [0.29, 0.717) is 18.0 Å². The van der Waals surface area contributed by atoms with Gasteiger partial charge in [-0.2, -0.15) is 0 Å². The third kappa shape index (κ3) is 6.99. The first kappa shape index (κ1) is 20.3. The Morgan fingerprint density at radius 1 is 0.852 bits per heavy atom. The molecule has 0 saturated heterocycles. The lowest BCUT2D eigenvalue weighted by molar-refractivity contribution is -0.862. The lowest BCUT2D eigenvalue weighted by Crippen LogP contribution is -3.11. The van der Waals surface area contributed by atoms with Crippen molar-refractivity contribution < 1.29 is 24.0 Å². The summed E-state index contributed by atoms with van der Waals surface area (Å²) in [5.74, 6) is 1.16. The average Bonchev–Trinajstić information content (AvgIpc) is 2.64. The number of carbonyl (C=O) groups is 2. The molecule has 7 nitrogen and oxygen atoms in total. The van der Waals surface area contributed by atoms with E-state index in [9.17, 15) is 9.59 Å². The highest BCUT2D eigenvalue weighted by molar-refractivity contribution is 5.93. The van der Waals surface area contributed by atoms with E-state index in [-0.39, 0.29) is 24.9 Å². The Bertz CT molecular complexity index is 745. The van der Waals surface area contributed by atoms with E-state index in [2.05, 4.69) is 10.6 Å². The van der Waals surface area contributed by atoms with Crippen LogP contribution in [0.2, 0.25) is 0 Å². The van der Waals surface area contributed by atoms with Crippen LogP contribution < -0.4 is 25.0 Å². The van der Waals surface area contributed by atoms with Crippen molar-refractivity contribution in [3.8, 4) is 11.5 Å². The Hall–Kier alpha value is -3.06. The topological polar surface area (TPSA) is 81.1 Å². The molecule has 2 aromatic rings. The molecule has 0 aromatic heterocycles. The summed E-state index contributed by atoms with van der Waals surface area (Å²) in [5, 5.41) is 5.62. The van der Waals surface area contributed by atoms with Crippen molar-refractivity contribution in [1.29, 1.82) is 0 Å². The summed E-state index contributed by atoms with van der Waals surface area (Å²) in [7, 11) is 3.38. The van der Waals surface area contributed by atoms with Gasteiger partial charge < -0.3 is 25.0 Å². The molecule has 0 aliphatic heterocycles. The minimum absolute atomic E-state index is 0.158. The summed E-state index contributed by atoms with van der Waals surface area (Å²) >= 11 is 0. The molecule has 2 aromatic carbocycles. The van der Waals surface area contributed by atoms with Gasteiger partial charge in [-0.05, 0) is 55.5 Å². The Balaban J connectivity index is 1.76. The van der Waals surface area contributed by atoms with E-state index in [1.165, 1.54) is 0 Å². The number of likely N-dealkylation sites (N-methyl/N-ethyl adjacent to an activating group) is 1. The largest absolute Gasteiger partial charge is 0.497 e. The van der Waals surface area contributed by atoms with E-state index in [1.54, 1.807) is 62.7 Å². The van der Waals surface area contributed by atoms with Gasteiger partial charge in [-0.25, -0.2) is 0 Å². The lowest BCUT2D eigenvalue weighted by Gasteiger charge is -2.14. The van der Waals surface area contributed by atoms with Crippen molar-refractivity contribution in [2.24, 2.45) is 0 Å². The summed E-state index contributed by atoms with van der Waals surface area (Å²) in [6, 6.07) is 14.3. The zero-order valence-electron chi connectivity index (χ0n) is 15.9. The maximum atomic E-state index is 12.1. The van der Waals surface area contributed by atoms with Crippen molar-refractivity contribution in [2.75, 3.05) is 44.5 Å². The van der Waals surface area contributed by atoms with E-state index >= 15 is 0 Å². The van der Waals surface area contributed by atoms with Crippen LogP contribution in [0.5, 0.6) is 11.5 Å². The Labute approximate surface area is 159 Å². The Morgan fingerprint density at radius 2 is 1.30 bits per heavy atom. The van der Waals surface area contributed by atoms with Crippen LogP contribution in [0.4, 0.5) is 11.4 Å². The molecule has 7 heteroatoms. The molecule has 2 rings (SSSR count). The third-order valence-corrected chi connectivity index (χ3v) is 3.75. The van der Waals surface area contributed by atoms with Gasteiger partial charge in [-0.15, -0.1) is 0 Å². The summed E-state index contributed by atoms with van der Waals surface area (Å²) in [6.45, 7) is 2.88. The summed E-state index contributed by atoms with van der Waals surface area (Å²) < 4.78 is 10.4. The second-order valence-corrected chi connectivity index (χ2v) is 6.09. The van der Waals surface area contributed by atoms with Gasteiger partial charge in [-0.1, -0.05) is 0 Å². The fourth-order valence-corrected chi connectivity index (χ4v) is 2.50. The Kier molecular flexibility index (Phi) is 7.63. The number of ether oxygens (including phenoxy) is 2. The average molecular weight is 372 g/mol. The highest BCUT2D eigenvalue weighted by atomic mass is 16.5. The molecule has 2 amide bonds. The zero-order chi connectivity index (χ0) is 19.6. The molecular weight excluding hydrogens is 346 g/mol. The number of benzene rings is 2. The number of anilines is 2. The van der Waals surface area contributed by atoms with Crippen LogP contribution in [0.25, 0.3) is 0 Å². The van der Waals surface area contributed by atoms with Gasteiger partial charge in [-0.3, -0.25) is 9.59 Å². The number of methoxy groups -OCH3 is 1. The van der Waals surface area contributed by atoms with Crippen molar-refractivity contribution in [1.82, 2.24) is 0 Å². The second kappa shape index (κ2) is 10.2. The number of amides is 2. The maximum Gasteiger partial charge on any atom is 0.279 e. The molecular formula is C20H26N3O4+. The molecule has 0 saturated carbocycles. The molecule has 144 valence electrons. The minimum atomic E-state index is -0.161.